The number of sulfonamides is 1. The number of unbranched alkanes of at least 4 members (excludes halogenated alkanes) is 1. The minimum absolute atomic E-state index is 0.00833. The molecule has 1 aliphatic carbocycles. The highest BCUT2D eigenvalue weighted by molar-refractivity contribution is 7.91. The van der Waals surface area contributed by atoms with E-state index in [1.807, 2.05) is 0 Å². The van der Waals surface area contributed by atoms with Crippen LogP contribution in [0.15, 0.2) is 36.0 Å². The highest BCUT2D eigenvalue weighted by Crippen LogP contribution is 2.49. The molecule has 1 atom stereocenters. The molecule has 0 spiro atoms. The van der Waals surface area contributed by atoms with Crippen molar-refractivity contribution in [2.75, 3.05) is 0 Å². The average Bonchev–Trinajstić information content (AvgIpc) is 3.56. The fourth-order valence-electron chi connectivity index (χ4n) is 4.53. The number of alkyl halides is 6. The highest BCUT2D eigenvalue weighted by atomic mass is 32.2. The average molecular weight is 597 g/mol. The van der Waals surface area contributed by atoms with E-state index >= 15 is 4.39 Å². The van der Waals surface area contributed by atoms with Crippen molar-refractivity contribution in [3.8, 4) is 0 Å². The summed E-state index contributed by atoms with van der Waals surface area (Å²) in [4.78, 5) is 26.0. The van der Waals surface area contributed by atoms with Crippen molar-refractivity contribution in [1.82, 2.24) is 20.2 Å². The van der Waals surface area contributed by atoms with Gasteiger partial charge in [-0.25, -0.2) is 17.5 Å². The molecule has 2 heterocycles. The summed E-state index contributed by atoms with van der Waals surface area (Å²) < 4.78 is 123. The molecule has 1 saturated carbocycles. The molecule has 218 valence electrons. The normalized spacial score (nSPS) is 20.4. The van der Waals surface area contributed by atoms with Crippen LogP contribution in [-0.2, 0) is 31.6 Å². The fraction of sp³-hybridized carbons (Fsp3) is 0.458. The van der Waals surface area contributed by atoms with Gasteiger partial charge in [0.15, 0.2) is 5.54 Å². The number of aromatic amines is 1. The first-order chi connectivity index (χ1) is 18.5. The third kappa shape index (κ3) is 6.15. The van der Waals surface area contributed by atoms with Gasteiger partial charge in [0.2, 0.25) is 10.0 Å². The Morgan fingerprint density at radius 1 is 1.10 bits per heavy atom. The van der Waals surface area contributed by atoms with Gasteiger partial charge in [-0.1, -0.05) is 12.1 Å². The number of halogens is 7. The van der Waals surface area contributed by atoms with Crippen LogP contribution in [0.1, 0.15) is 55.3 Å². The molecule has 1 aromatic heterocycles. The van der Waals surface area contributed by atoms with Crippen LogP contribution in [0.5, 0.6) is 0 Å². The number of nitrogens with zero attached hydrogens (tertiary/aromatic N) is 1. The van der Waals surface area contributed by atoms with Crippen LogP contribution < -0.4 is 10.0 Å². The van der Waals surface area contributed by atoms with Crippen molar-refractivity contribution in [2.24, 2.45) is 0 Å². The van der Waals surface area contributed by atoms with E-state index in [-0.39, 0.29) is 43.4 Å². The van der Waals surface area contributed by atoms with Gasteiger partial charge in [-0.3, -0.25) is 14.7 Å². The zero-order valence-electron chi connectivity index (χ0n) is 20.5. The number of benzene rings is 1. The second kappa shape index (κ2) is 10.5. The first-order valence-electron chi connectivity index (χ1n) is 12.1. The number of carbonyl (C=O) groups excluding carboxylic acids is 2. The van der Waals surface area contributed by atoms with Crippen LogP contribution in [0.25, 0.3) is 5.57 Å². The number of aryl methyl sites for hydroxylation is 1. The van der Waals surface area contributed by atoms with Crippen LogP contribution in [0.2, 0.25) is 0 Å². The zero-order chi connectivity index (χ0) is 29.5. The smallest absolute Gasteiger partial charge is 0.334 e. The number of amides is 2. The molecule has 2 amide bonds. The maximum Gasteiger partial charge on any atom is 0.416 e. The Bertz CT molecular complexity index is 1430. The maximum atomic E-state index is 15.3. The maximum absolute atomic E-state index is 15.3. The fourth-order valence-corrected chi connectivity index (χ4v) is 5.81. The quantitative estimate of drug-likeness (QED) is 0.228. The molecular weight excluding hydrogens is 573 g/mol. The lowest BCUT2D eigenvalue weighted by molar-refractivity contribution is -0.202. The standard InChI is InChI=1S/C24H23F7N4O4S/c25-17-11-13(3-1-2-9-23(26,27)28)4-7-16(17)22(24(29,30)31)12-15(18-8-10-32-34-18)19(20(36)33-22)21(37)35-40(38,39)14-5-6-14/h4,7-8,10-11,14H,1-3,5-6,9,12H2,(H,32,34)(H,33,36)(H,35,37)/t22-/m0/s1. The van der Waals surface area contributed by atoms with Gasteiger partial charge in [0, 0.05) is 24.6 Å². The van der Waals surface area contributed by atoms with Crippen molar-refractivity contribution in [2.45, 2.75) is 68.1 Å². The Morgan fingerprint density at radius 3 is 2.35 bits per heavy atom. The first-order valence-corrected chi connectivity index (χ1v) is 13.6. The van der Waals surface area contributed by atoms with Gasteiger partial charge >= 0.3 is 12.4 Å². The molecule has 0 bridgehead atoms. The number of aromatic nitrogens is 2. The van der Waals surface area contributed by atoms with Crippen LogP contribution >= 0.6 is 0 Å². The predicted molar refractivity (Wildman–Crippen MR) is 126 cm³/mol. The van der Waals surface area contributed by atoms with Gasteiger partial charge in [0.05, 0.1) is 10.9 Å². The first kappa shape index (κ1) is 29.6. The molecular formula is C24H23F7N4O4S. The monoisotopic (exact) mass is 596 g/mol. The second-order valence-electron chi connectivity index (χ2n) is 9.67. The lowest BCUT2D eigenvalue weighted by Crippen LogP contribution is -2.60. The molecule has 1 aliphatic heterocycles. The molecule has 4 rings (SSSR count). The zero-order valence-corrected chi connectivity index (χ0v) is 21.4. The highest BCUT2D eigenvalue weighted by Gasteiger charge is 2.61. The number of rotatable bonds is 9. The summed E-state index contributed by atoms with van der Waals surface area (Å²) in [5, 5.41) is 6.81. The molecule has 0 radical (unpaired) electrons. The molecule has 2 aromatic rings. The summed E-state index contributed by atoms with van der Waals surface area (Å²) in [6, 6.07) is 3.83. The second-order valence-corrected chi connectivity index (χ2v) is 11.6. The third-order valence-corrected chi connectivity index (χ3v) is 8.52. The molecule has 1 fully saturated rings. The Morgan fingerprint density at radius 2 is 1.80 bits per heavy atom. The van der Waals surface area contributed by atoms with Gasteiger partial charge < -0.3 is 5.32 Å². The number of nitrogens with one attached hydrogen (secondary N) is 3. The van der Waals surface area contributed by atoms with Gasteiger partial charge in [-0.15, -0.1) is 0 Å². The third-order valence-electron chi connectivity index (χ3n) is 6.70. The van der Waals surface area contributed by atoms with Crippen molar-refractivity contribution in [1.29, 1.82) is 0 Å². The molecule has 8 nitrogen and oxygen atoms in total. The van der Waals surface area contributed by atoms with Crippen molar-refractivity contribution in [3.05, 3.63) is 58.7 Å². The SMILES string of the molecule is O=C1N[C@@](c2ccc(CCCCC(F)(F)F)cc2F)(C(F)(F)F)CC(c2ccn[nH]2)=C1C(=O)NS(=O)(=O)C1CC1. The Balaban J connectivity index is 1.71. The van der Waals surface area contributed by atoms with E-state index in [0.717, 1.165) is 30.5 Å². The summed E-state index contributed by atoms with van der Waals surface area (Å²) in [6.45, 7) is 0. The van der Waals surface area contributed by atoms with Crippen molar-refractivity contribution >= 4 is 27.4 Å². The van der Waals surface area contributed by atoms with E-state index in [1.54, 1.807) is 10.0 Å². The van der Waals surface area contributed by atoms with Crippen LogP contribution in [0.4, 0.5) is 30.7 Å². The van der Waals surface area contributed by atoms with Gasteiger partial charge in [-0.2, -0.15) is 31.4 Å². The van der Waals surface area contributed by atoms with E-state index in [9.17, 15) is 44.3 Å². The van der Waals surface area contributed by atoms with E-state index in [0.29, 0.717) is 0 Å². The van der Waals surface area contributed by atoms with E-state index in [4.69, 9.17) is 0 Å². The lowest BCUT2D eigenvalue weighted by Gasteiger charge is -2.41. The van der Waals surface area contributed by atoms with Crippen LogP contribution in [0.3, 0.4) is 0 Å². The Hall–Kier alpha value is -3.43. The van der Waals surface area contributed by atoms with E-state index < -0.39 is 80.3 Å². The van der Waals surface area contributed by atoms with Gasteiger partial charge in [-0.05, 0) is 55.4 Å². The molecule has 16 heteroatoms. The van der Waals surface area contributed by atoms with Crippen molar-refractivity contribution in [3.63, 3.8) is 0 Å². The van der Waals surface area contributed by atoms with E-state index in [2.05, 4.69) is 10.2 Å². The van der Waals surface area contributed by atoms with Crippen LogP contribution in [0, 0.1) is 5.82 Å². The minimum atomic E-state index is -5.31. The summed E-state index contributed by atoms with van der Waals surface area (Å²) >= 11 is 0. The largest absolute Gasteiger partial charge is 0.416 e. The van der Waals surface area contributed by atoms with Gasteiger partial charge in [0.25, 0.3) is 11.8 Å². The lowest BCUT2D eigenvalue weighted by atomic mass is 9.77. The number of hydrogen-bond acceptors (Lipinski definition) is 5. The molecule has 3 N–H and O–H groups in total. The van der Waals surface area contributed by atoms with Crippen molar-refractivity contribution < 1.29 is 48.7 Å². The summed E-state index contributed by atoms with van der Waals surface area (Å²) in [5.74, 6) is -4.41. The molecule has 1 aromatic carbocycles. The number of hydrogen-bond donors (Lipinski definition) is 3. The summed E-state index contributed by atoms with van der Waals surface area (Å²) in [5.41, 5.74) is -5.86. The minimum Gasteiger partial charge on any atom is -0.334 e. The summed E-state index contributed by atoms with van der Waals surface area (Å²) in [7, 11) is -4.17. The molecule has 0 unspecified atom stereocenters. The van der Waals surface area contributed by atoms with E-state index in [1.165, 1.54) is 0 Å². The Kier molecular flexibility index (Phi) is 7.77. The number of carbonyl (C=O) groups is 2. The number of H-pyrrole nitrogens is 1. The molecule has 2 aliphatic rings. The topological polar surface area (TPSA) is 121 Å². The molecule has 0 saturated heterocycles. The van der Waals surface area contributed by atoms with Crippen LogP contribution in [-0.4, -0.2) is 48.0 Å². The Labute approximate surface area is 223 Å². The summed E-state index contributed by atoms with van der Waals surface area (Å²) in [6.07, 6.45) is -10.5. The van der Waals surface area contributed by atoms with Gasteiger partial charge in [0.1, 0.15) is 11.4 Å². The predicted octanol–water partition coefficient (Wildman–Crippen LogP) is 4.16. The molecule has 40 heavy (non-hydrogen) atoms.